The predicted molar refractivity (Wildman–Crippen MR) is 81.4 cm³/mol. The SMILES string of the molecule is O=C1C(=O)N(C2CCCC2)C(=O)N1CCc1ccccc1Cl. The van der Waals surface area contributed by atoms with Crippen LogP contribution in [0.25, 0.3) is 0 Å². The first kappa shape index (κ1) is 15.0. The zero-order chi connectivity index (χ0) is 15.7. The number of hydrogen-bond acceptors (Lipinski definition) is 3. The number of hydrogen-bond donors (Lipinski definition) is 0. The maximum atomic E-state index is 12.4. The quantitative estimate of drug-likeness (QED) is 0.633. The molecule has 4 amide bonds. The summed E-state index contributed by atoms with van der Waals surface area (Å²) in [6.45, 7) is 0.177. The molecule has 2 aliphatic rings. The van der Waals surface area contributed by atoms with Gasteiger partial charge in [-0.3, -0.25) is 19.4 Å². The van der Waals surface area contributed by atoms with Gasteiger partial charge in [-0.05, 0) is 30.9 Å². The minimum atomic E-state index is -0.719. The Kier molecular flexibility index (Phi) is 4.16. The lowest BCUT2D eigenvalue weighted by molar-refractivity contribution is -0.144. The number of urea groups is 1. The lowest BCUT2D eigenvalue weighted by Gasteiger charge is -2.21. The first-order valence-electron chi connectivity index (χ1n) is 7.52. The van der Waals surface area contributed by atoms with Crippen LogP contribution in [-0.2, 0) is 16.0 Å². The monoisotopic (exact) mass is 320 g/mol. The zero-order valence-electron chi connectivity index (χ0n) is 12.1. The highest BCUT2D eigenvalue weighted by molar-refractivity contribution is 6.44. The third-order valence-corrected chi connectivity index (χ3v) is 4.71. The van der Waals surface area contributed by atoms with Gasteiger partial charge in [0.25, 0.3) is 0 Å². The minimum absolute atomic E-state index is 0.116. The number of amides is 4. The van der Waals surface area contributed by atoms with Crippen LogP contribution in [-0.4, -0.2) is 40.2 Å². The Morgan fingerprint density at radius 3 is 2.41 bits per heavy atom. The van der Waals surface area contributed by atoms with Crippen molar-refractivity contribution >= 4 is 29.4 Å². The topological polar surface area (TPSA) is 57.7 Å². The highest BCUT2D eigenvalue weighted by Gasteiger charge is 2.47. The van der Waals surface area contributed by atoms with Crippen LogP contribution >= 0.6 is 11.6 Å². The molecule has 1 aromatic rings. The summed E-state index contributed by atoms with van der Waals surface area (Å²) in [6.07, 6.45) is 4.03. The molecule has 2 fully saturated rings. The molecule has 6 heteroatoms. The van der Waals surface area contributed by atoms with E-state index in [0.717, 1.165) is 41.0 Å². The number of rotatable bonds is 4. The number of benzene rings is 1. The Labute approximate surface area is 133 Å². The van der Waals surface area contributed by atoms with Gasteiger partial charge in [0.2, 0.25) is 0 Å². The zero-order valence-corrected chi connectivity index (χ0v) is 12.9. The molecule has 0 radical (unpaired) electrons. The van der Waals surface area contributed by atoms with E-state index in [1.54, 1.807) is 6.07 Å². The van der Waals surface area contributed by atoms with Crippen molar-refractivity contribution in [3.8, 4) is 0 Å². The molecule has 1 saturated heterocycles. The average molecular weight is 321 g/mol. The molecular formula is C16H17ClN2O3. The maximum absolute atomic E-state index is 12.4. The molecule has 1 aromatic carbocycles. The fourth-order valence-electron chi connectivity index (χ4n) is 3.14. The fourth-order valence-corrected chi connectivity index (χ4v) is 3.37. The number of halogens is 1. The number of nitrogens with zero attached hydrogens (tertiary/aromatic N) is 2. The Morgan fingerprint density at radius 2 is 1.73 bits per heavy atom. The minimum Gasteiger partial charge on any atom is -0.263 e. The van der Waals surface area contributed by atoms with Crippen molar-refractivity contribution in [3.05, 3.63) is 34.9 Å². The number of carbonyl (C=O) groups is 3. The molecule has 22 heavy (non-hydrogen) atoms. The van der Waals surface area contributed by atoms with Crippen molar-refractivity contribution in [1.82, 2.24) is 9.80 Å². The van der Waals surface area contributed by atoms with Crippen molar-refractivity contribution in [2.75, 3.05) is 6.54 Å². The van der Waals surface area contributed by atoms with Crippen LogP contribution < -0.4 is 0 Å². The van der Waals surface area contributed by atoms with Gasteiger partial charge in [0.05, 0.1) is 0 Å². The molecule has 1 aliphatic carbocycles. The second-order valence-corrected chi connectivity index (χ2v) is 6.10. The summed E-state index contributed by atoms with van der Waals surface area (Å²) >= 11 is 6.08. The molecule has 0 N–H and O–H groups in total. The van der Waals surface area contributed by atoms with Crippen molar-refractivity contribution in [2.24, 2.45) is 0 Å². The summed E-state index contributed by atoms with van der Waals surface area (Å²) in [5.74, 6) is -1.40. The van der Waals surface area contributed by atoms with Gasteiger partial charge in [0.1, 0.15) is 0 Å². The van der Waals surface area contributed by atoms with Gasteiger partial charge in [0, 0.05) is 17.6 Å². The molecule has 0 aromatic heterocycles. The molecule has 0 bridgehead atoms. The van der Waals surface area contributed by atoms with E-state index in [-0.39, 0.29) is 12.6 Å². The van der Waals surface area contributed by atoms with Gasteiger partial charge in [0.15, 0.2) is 0 Å². The molecule has 0 atom stereocenters. The first-order valence-corrected chi connectivity index (χ1v) is 7.90. The molecule has 0 spiro atoms. The van der Waals surface area contributed by atoms with Crippen LogP contribution in [0.5, 0.6) is 0 Å². The maximum Gasteiger partial charge on any atom is 0.334 e. The van der Waals surface area contributed by atoms with Crippen LogP contribution in [0.15, 0.2) is 24.3 Å². The van der Waals surface area contributed by atoms with Gasteiger partial charge >= 0.3 is 17.8 Å². The number of carbonyl (C=O) groups excluding carboxylic acids is 3. The van der Waals surface area contributed by atoms with E-state index in [1.165, 1.54) is 0 Å². The van der Waals surface area contributed by atoms with Crippen molar-refractivity contribution < 1.29 is 14.4 Å². The van der Waals surface area contributed by atoms with Crippen LogP contribution in [0.3, 0.4) is 0 Å². The molecule has 0 unspecified atom stereocenters. The summed E-state index contributed by atoms with van der Waals surface area (Å²) in [5.41, 5.74) is 0.858. The lowest BCUT2D eigenvalue weighted by Crippen LogP contribution is -2.40. The van der Waals surface area contributed by atoms with Crippen molar-refractivity contribution in [2.45, 2.75) is 38.1 Å². The third-order valence-electron chi connectivity index (χ3n) is 4.34. The van der Waals surface area contributed by atoms with E-state index in [1.807, 2.05) is 18.2 Å². The van der Waals surface area contributed by atoms with Gasteiger partial charge < -0.3 is 0 Å². The van der Waals surface area contributed by atoms with Crippen molar-refractivity contribution in [1.29, 1.82) is 0 Å². The highest BCUT2D eigenvalue weighted by Crippen LogP contribution is 2.28. The summed E-state index contributed by atoms with van der Waals surface area (Å²) in [4.78, 5) is 38.7. The van der Waals surface area contributed by atoms with Crippen molar-refractivity contribution in [3.63, 3.8) is 0 Å². The molecule has 116 valence electrons. The Balaban J connectivity index is 1.71. The third kappa shape index (κ3) is 2.61. The summed E-state index contributed by atoms with van der Waals surface area (Å²) in [5, 5.41) is 0.598. The predicted octanol–water partition coefficient (Wildman–Crippen LogP) is 2.62. The van der Waals surface area contributed by atoms with E-state index >= 15 is 0 Å². The first-order chi connectivity index (χ1) is 10.6. The summed E-state index contributed by atoms with van der Waals surface area (Å²) in [7, 11) is 0. The van der Waals surface area contributed by atoms with E-state index < -0.39 is 17.8 Å². The Hall–Kier alpha value is -1.88. The average Bonchev–Trinajstić information content (AvgIpc) is 3.09. The standard InChI is InChI=1S/C16H17ClN2O3/c17-13-8-4-1-5-11(13)9-10-18-14(20)15(21)19(16(18)22)12-6-2-3-7-12/h1,4-5,8,12H,2-3,6-7,9-10H2. The molecule has 1 aliphatic heterocycles. The van der Waals surface area contributed by atoms with E-state index in [4.69, 9.17) is 11.6 Å². The smallest absolute Gasteiger partial charge is 0.263 e. The van der Waals surface area contributed by atoms with E-state index in [0.29, 0.717) is 11.4 Å². The van der Waals surface area contributed by atoms with Crippen LogP contribution in [0, 0.1) is 0 Å². The summed E-state index contributed by atoms with van der Waals surface area (Å²) < 4.78 is 0. The second-order valence-electron chi connectivity index (χ2n) is 5.69. The molecular weight excluding hydrogens is 304 g/mol. The van der Waals surface area contributed by atoms with Gasteiger partial charge in [-0.2, -0.15) is 0 Å². The Morgan fingerprint density at radius 1 is 1.05 bits per heavy atom. The van der Waals surface area contributed by atoms with E-state index in [9.17, 15) is 14.4 Å². The van der Waals surface area contributed by atoms with E-state index in [2.05, 4.69) is 0 Å². The van der Waals surface area contributed by atoms with Crippen LogP contribution in [0.4, 0.5) is 4.79 Å². The van der Waals surface area contributed by atoms with Gasteiger partial charge in [-0.1, -0.05) is 42.6 Å². The van der Waals surface area contributed by atoms with Crippen LogP contribution in [0.1, 0.15) is 31.2 Å². The van der Waals surface area contributed by atoms with Crippen LogP contribution in [0.2, 0.25) is 5.02 Å². The summed E-state index contributed by atoms with van der Waals surface area (Å²) in [6, 6.07) is 6.70. The van der Waals surface area contributed by atoms with Gasteiger partial charge in [-0.15, -0.1) is 0 Å². The fraction of sp³-hybridized carbons (Fsp3) is 0.438. The molecule has 1 heterocycles. The number of imide groups is 2. The van der Waals surface area contributed by atoms with Gasteiger partial charge in [-0.25, -0.2) is 4.79 Å². The molecule has 3 rings (SSSR count). The Bertz CT molecular complexity index is 626. The molecule has 1 saturated carbocycles. The largest absolute Gasteiger partial charge is 0.334 e. The molecule has 5 nitrogen and oxygen atoms in total. The second kappa shape index (κ2) is 6.08. The highest BCUT2D eigenvalue weighted by atomic mass is 35.5. The lowest BCUT2D eigenvalue weighted by atomic mass is 10.1. The normalized spacial score (nSPS) is 19.6.